The van der Waals surface area contributed by atoms with Gasteiger partial charge < -0.3 is 14.4 Å². The van der Waals surface area contributed by atoms with E-state index in [1.807, 2.05) is 6.92 Å². The normalized spacial score (nSPS) is 15.2. The minimum absolute atomic E-state index is 0.0170. The number of amides is 3. The highest BCUT2D eigenvalue weighted by Gasteiger charge is 2.36. The van der Waals surface area contributed by atoms with Gasteiger partial charge in [-0.25, -0.2) is 0 Å². The maximum atomic E-state index is 12.3. The Balaban J connectivity index is 1.45. The molecule has 1 aliphatic heterocycles. The number of anilines is 1. The number of rotatable bonds is 7. The highest BCUT2D eigenvalue weighted by Crippen LogP contribution is 2.27. The van der Waals surface area contributed by atoms with E-state index in [0.717, 1.165) is 0 Å². The van der Waals surface area contributed by atoms with Crippen molar-refractivity contribution in [2.45, 2.75) is 13.3 Å². The second-order valence-electron chi connectivity index (χ2n) is 6.92. The van der Waals surface area contributed by atoms with Crippen LogP contribution >= 0.6 is 11.6 Å². The summed E-state index contributed by atoms with van der Waals surface area (Å²) in [5.74, 6) is -2.23. The number of esters is 1. The van der Waals surface area contributed by atoms with E-state index >= 15 is 0 Å². The third-order valence-corrected chi connectivity index (χ3v) is 5.03. The minimum atomic E-state index is -0.730. The number of nitrogens with one attached hydrogen (secondary N) is 2. The predicted molar refractivity (Wildman–Crippen MR) is 116 cm³/mol. The highest BCUT2D eigenvalue weighted by molar-refractivity contribution is 6.33. The van der Waals surface area contributed by atoms with E-state index in [4.69, 9.17) is 21.1 Å². The van der Waals surface area contributed by atoms with E-state index in [2.05, 4.69) is 10.9 Å². The Kier molecular flexibility index (Phi) is 7.67. The molecule has 10 heteroatoms. The van der Waals surface area contributed by atoms with Crippen molar-refractivity contribution < 1.29 is 28.7 Å². The van der Waals surface area contributed by atoms with Gasteiger partial charge in [-0.2, -0.15) is 0 Å². The topological polar surface area (TPSA) is 114 Å². The van der Waals surface area contributed by atoms with Crippen molar-refractivity contribution in [3.63, 3.8) is 0 Å². The van der Waals surface area contributed by atoms with Gasteiger partial charge in [0.25, 0.3) is 11.8 Å². The molecule has 1 saturated heterocycles. The van der Waals surface area contributed by atoms with Gasteiger partial charge in [-0.3, -0.25) is 30.0 Å². The molecule has 9 nitrogen and oxygen atoms in total. The summed E-state index contributed by atoms with van der Waals surface area (Å²) in [4.78, 5) is 50.0. The van der Waals surface area contributed by atoms with Crippen molar-refractivity contribution in [1.82, 2.24) is 10.9 Å². The Morgan fingerprint density at radius 2 is 1.81 bits per heavy atom. The summed E-state index contributed by atoms with van der Waals surface area (Å²) >= 11 is 5.92. The summed E-state index contributed by atoms with van der Waals surface area (Å²) in [5, 5.41) is 0.230. The number of hydrazine groups is 1. The number of hydrogen-bond donors (Lipinski definition) is 2. The smallest absolute Gasteiger partial charge is 0.311 e. The van der Waals surface area contributed by atoms with Crippen LogP contribution in [0.4, 0.5) is 5.69 Å². The lowest BCUT2D eigenvalue weighted by molar-refractivity contribution is -0.152. The molecule has 0 radical (unpaired) electrons. The molecule has 2 aromatic rings. The number of ether oxygens (including phenoxy) is 2. The molecule has 2 N–H and O–H groups in total. The van der Waals surface area contributed by atoms with Gasteiger partial charge >= 0.3 is 5.97 Å². The minimum Gasteiger partial charge on any atom is -0.494 e. The molecule has 0 bridgehead atoms. The van der Waals surface area contributed by atoms with Crippen molar-refractivity contribution in [3.05, 3.63) is 59.1 Å². The van der Waals surface area contributed by atoms with Gasteiger partial charge in [0.1, 0.15) is 5.75 Å². The van der Waals surface area contributed by atoms with Crippen molar-refractivity contribution in [1.29, 1.82) is 0 Å². The Labute approximate surface area is 189 Å². The lowest BCUT2D eigenvalue weighted by atomic mass is 10.1. The second kappa shape index (κ2) is 10.6. The maximum Gasteiger partial charge on any atom is 0.311 e. The van der Waals surface area contributed by atoms with E-state index in [1.165, 1.54) is 11.0 Å². The molecule has 0 aliphatic carbocycles. The van der Waals surface area contributed by atoms with Crippen LogP contribution in [-0.2, 0) is 19.1 Å². The van der Waals surface area contributed by atoms with Crippen molar-refractivity contribution >= 4 is 41.0 Å². The SMILES string of the molecule is CCOc1ccc(N2C[C@@H](C(=O)OCC(=O)NNC(=O)c3ccccc3Cl)CC2=O)cc1. The average molecular weight is 460 g/mol. The lowest BCUT2D eigenvalue weighted by Gasteiger charge is -2.17. The predicted octanol–water partition coefficient (Wildman–Crippen LogP) is 2.10. The standard InChI is InChI=1S/C22H22ClN3O6/c1-2-31-16-9-7-15(8-10-16)26-12-14(11-20(26)28)22(30)32-13-19(27)24-25-21(29)17-5-3-4-6-18(17)23/h3-10,14H,2,11-13H2,1H3,(H,24,27)(H,25,29)/t14-/m0/s1. The molecule has 168 valence electrons. The first-order valence-corrected chi connectivity index (χ1v) is 10.3. The largest absolute Gasteiger partial charge is 0.494 e. The van der Waals surface area contributed by atoms with E-state index < -0.39 is 30.3 Å². The summed E-state index contributed by atoms with van der Waals surface area (Å²) in [6.07, 6.45) is -0.0170. The summed E-state index contributed by atoms with van der Waals surface area (Å²) in [5.41, 5.74) is 5.18. The lowest BCUT2D eigenvalue weighted by Crippen LogP contribution is -2.44. The van der Waals surface area contributed by atoms with Crippen LogP contribution in [0.25, 0.3) is 0 Å². The highest BCUT2D eigenvalue weighted by atomic mass is 35.5. The number of benzene rings is 2. The quantitative estimate of drug-likeness (QED) is 0.484. The fourth-order valence-corrected chi connectivity index (χ4v) is 3.36. The average Bonchev–Trinajstić information content (AvgIpc) is 3.18. The summed E-state index contributed by atoms with van der Waals surface area (Å²) in [6, 6.07) is 13.3. The van der Waals surface area contributed by atoms with Gasteiger partial charge in [0, 0.05) is 18.7 Å². The zero-order valence-electron chi connectivity index (χ0n) is 17.3. The fourth-order valence-electron chi connectivity index (χ4n) is 3.13. The van der Waals surface area contributed by atoms with Crippen LogP contribution in [0.15, 0.2) is 48.5 Å². The van der Waals surface area contributed by atoms with E-state index in [1.54, 1.807) is 42.5 Å². The van der Waals surface area contributed by atoms with Crippen LogP contribution in [0.5, 0.6) is 5.75 Å². The molecule has 3 rings (SSSR count). The van der Waals surface area contributed by atoms with Crippen LogP contribution in [0.1, 0.15) is 23.7 Å². The first-order valence-electron chi connectivity index (χ1n) is 9.92. The van der Waals surface area contributed by atoms with Crippen molar-refractivity contribution in [2.24, 2.45) is 5.92 Å². The molecule has 0 aromatic heterocycles. The Hall–Kier alpha value is -3.59. The van der Waals surface area contributed by atoms with Crippen LogP contribution in [0.3, 0.4) is 0 Å². The van der Waals surface area contributed by atoms with Crippen molar-refractivity contribution in [3.8, 4) is 5.75 Å². The van der Waals surface area contributed by atoms with Gasteiger partial charge in [0.05, 0.1) is 23.1 Å². The summed E-state index contributed by atoms with van der Waals surface area (Å²) in [7, 11) is 0. The molecule has 1 aliphatic rings. The molecule has 0 unspecified atom stereocenters. The van der Waals surface area contributed by atoms with Crippen LogP contribution < -0.4 is 20.5 Å². The molecule has 1 fully saturated rings. The monoisotopic (exact) mass is 459 g/mol. The number of halogens is 1. The summed E-state index contributed by atoms with van der Waals surface area (Å²) in [6.45, 7) is 1.96. The molecule has 32 heavy (non-hydrogen) atoms. The first-order chi connectivity index (χ1) is 15.4. The molecule has 0 saturated carbocycles. The zero-order valence-corrected chi connectivity index (χ0v) is 18.1. The third kappa shape index (κ3) is 5.76. The first kappa shape index (κ1) is 23.1. The number of carbonyl (C=O) groups excluding carboxylic acids is 4. The second-order valence-corrected chi connectivity index (χ2v) is 7.33. The number of hydrogen-bond acceptors (Lipinski definition) is 6. The third-order valence-electron chi connectivity index (χ3n) is 4.70. The molecule has 1 atom stereocenters. The molecule has 2 aromatic carbocycles. The maximum absolute atomic E-state index is 12.3. The van der Waals surface area contributed by atoms with E-state index in [9.17, 15) is 19.2 Å². The molecule has 3 amide bonds. The van der Waals surface area contributed by atoms with Crippen LogP contribution in [0.2, 0.25) is 5.02 Å². The zero-order chi connectivity index (χ0) is 23.1. The van der Waals surface area contributed by atoms with Crippen LogP contribution in [0, 0.1) is 5.92 Å². The summed E-state index contributed by atoms with van der Waals surface area (Å²) < 4.78 is 10.4. The Morgan fingerprint density at radius 1 is 1.09 bits per heavy atom. The van der Waals surface area contributed by atoms with Gasteiger partial charge in [-0.05, 0) is 43.3 Å². The molecule has 1 heterocycles. The fraction of sp³-hybridized carbons (Fsp3) is 0.273. The van der Waals surface area contributed by atoms with Gasteiger partial charge in [-0.1, -0.05) is 23.7 Å². The Morgan fingerprint density at radius 3 is 2.50 bits per heavy atom. The van der Waals surface area contributed by atoms with E-state index in [0.29, 0.717) is 18.0 Å². The Bertz CT molecular complexity index is 1010. The van der Waals surface area contributed by atoms with E-state index in [-0.39, 0.29) is 29.5 Å². The molecular weight excluding hydrogens is 438 g/mol. The van der Waals surface area contributed by atoms with Gasteiger partial charge in [-0.15, -0.1) is 0 Å². The van der Waals surface area contributed by atoms with Gasteiger partial charge in [0.15, 0.2) is 6.61 Å². The number of carbonyl (C=O) groups is 4. The number of nitrogens with zero attached hydrogens (tertiary/aromatic N) is 1. The van der Waals surface area contributed by atoms with Crippen LogP contribution in [-0.4, -0.2) is 43.4 Å². The van der Waals surface area contributed by atoms with Crippen molar-refractivity contribution in [2.75, 3.05) is 24.7 Å². The molecule has 0 spiro atoms. The van der Waals surface area contributed by atoms with Gasteiger partial charge in [0.2, 0.25) is 5.91 Å². The molecular formula is C22H22ClN3O6.